The van der Waals surface area contributed by atoms with Crippen molar-refractivity contribution in [2.45, 2.75) is 21.2 Å². The number of rotatable bonds is 5. The van der Waals surface area contributed by atoms with Crippen LogP contribution in [0.2, 0.25) is 0 Å². The zero-order valence-corrected chi connectivity index (χ0v) is 12.3. The van der Waals surface area contributed by atoms with E-state index in [4.69, 9.17) is 34.8 Å². The SMILES string of the molecule is O=C(C[C@@H](O)C(Cl)(Cl)Cl)CS(=O)c1ccccc1. The molecular formula is C11H11Cl3O3S. The third kappa shape index (κ3) is 5.24. The summed E-state index contributed by atoms with van der Waals surface area (Å²) in [6, 6.07) is 8.57. The maximum Gasteiger partial charge on any atom is 0.216 e. The summed E-state index contributed by atoms with van der Waals surface area (Å²) < 4.78 is 9.88. The van der Waals surface area contributed by atoms with Crippen LogP contribution in [-0.4, -0.2) is 30.7 Å². The fourth-order valence-corrected chi connectivity index (χ4v) is 2.46. The molecule has 18 heavy (non-hydrogen) atoms. The molecule has 0 fully saturated rings. The molecule has 1 unspecified atom stereocenters. The van der Waals surface area contributed by atoms with E-state index in [-0.39, 0.29) is 12.2 Å². The summed E-state index contributed by atoms with van der Waals surface area (Å²) in [5.41, 5.74) is 0. The molecule has 1 N–H and O–H groups in total. The first-order valence-electron chi connectivity index (χ1n) is 5.00. The van der Waals surface area contributed by atoms with E-state index in [1.165, 1.54) is 0 Å². The Morgan fingerprint density at radius 3 is 2.33 bits per heavy atom. The van der Waals surface area contributed by atoms with Crippen molar-refractivity contribution >= 4 is 51.4 Å². The van der Waals surface area contributed by atoms with Gasteiger partial charge in [0.2, 0.25) is 3.79 Å². The Labute approximate surface area is 122 Å². The summed E-state index contributed by atoms with van der Waals surface area (Å²) in [6.07, 6.45) is -1.74. The standard InChI is InChI=1S/C11H11Cl3O3S/c12-11(13,14)10(16)6-8(15)7-18(17)9-4-2-1-3-5-9/h1-5,10,16H,6-7H2/t10-,18?/m1/s1. The molecule has 0 aliphatic rings. The van der Waals surface area contributed by atoms with Gasteiger partial charge in [0.1, 0.15) is 11.9 Å². The average Bonchev–Trinajstić information content (AvgIpc) is 2.28. The van der Waals surface area contributed by atoms with Crippen molar-refractivity contribution in [1.29, 1.82) is 0 Å². The second kappa shape index (κ2) is 6.87. The minimum absolute atomic E-state index is 0.207. The molecule has 1 rings (SSSR count). The molecule has 0 saturated carbocycles. The van der Waals surface area contributed by atoms with Crippen molar-refractivity contribution in [3.8, 4) is 0 Å². The molecule has 0 aromatic heterocycles. The lowest BCUT2D eigenvalue weighted by atomic mass is 10.2. The van der Waals surface area contributed by atoms with Gasteiger partial charge in [0, 0.05) is 11.3 Å². The third-order valence-electron chi connectivity index (χ3n) is 2.10. The predicted octanol–water partition coefficient (Wildman–Crippen LogP) is 2.48. The molecule has 2 atom stereocenters. The topological polar surface area (TPSA) is 54.4 Å². The van der Waals surface area contributed by atoms with Gasteiger partial charge in [-0.1, -0.05) is 53.0 Å². The van der Waals surface area contributed by atoms with Gasteiger partial charge in [-0.15, -0.1) is 0 Å². The van der Waals surface area contributed by atoms with Gasteiger partial charge in [-0.3, -0.25) is 9.00 Å². The first kappa shape index (κ1) is 15.9. The van der Waals surface area contributed by atoms with Crippen LogP contribution < -0.4 is 0 Å². The van der Waals surface area contributed by atoms with Crippen molar-refractivity contribution < 1.29 is 14.1 Å². The van der Waals surface area contributed by atoms with Crippen LogP contribution in [0.25, 0.3) is 0 Å². The van der Waals surface area contributed by atoms with Crippen molar-refractivity contribution in [1.82, 2.24) is 0 Å². The summed E-state index contributed by atoms with van der Waals surface area (Å²) in [7, 11) is -1.45. The molecule has 1 aromatic rings. The Balaban J connectivity index is 2.54. The number of halogens is 3. The number of aliphatic hydroxyl groups is 1. The molecule has 0 aliphatic carbocycles. The maximum atomic E-state index is 11.8. The molecule has 0 heterocycles. The highest BCUT2D eigenvalue weighted by atomic mass is 35.6. The van der Waals surface area contributed by atoms with Gasteiger partial charge in [0.15, 0.2) is 0 Å². The van der Waals surface area contributed by atoms with E-state index in [2.05, 4.69) is 0 Å². The Morgan fingerprint density at radius 1 is 1.28 bits per heavy atom. The first-order valence-corrected chi connectivity index (χ1v) is 7.46. The Morgan fingerprint density at radius 2 is 1.83 bits per heavy atom. The number of ketones is 1. The number of alkyl halides is 3. The van der Waals surface area contributed by atoms with E-state index in [1.54, 1.807) is 30.3 Å². The second-order valence-corrected chi connectivity index (χ2v) is 7.42. The van der Waals surface area contributed by atoms with Crippen LogP contribution in [0.4, 0.5) is 0 Å². The predicted molar refractivity (Wildman–Crippen MR) is 73.6 cm³/mol. The van der Waals surface area contributed by atoms with Crippen LogP contribution in [0, 0.1) is 0 Å². The Hall–Kier alpha value is -0.130. The largest absolute Gasteiger partial charge is 0.388 e. The van der Waals surface area contributed by atoms with Gasteiger partial charge in [0.05, 0.1) is 16.6 Å². The lowest BCUT2D eigenvalue weighted by Gasteiger charge is -2.17. The highest BCUT2D eigenvalue weighted by molar-refractivity contribution is 7.85. The second-order valence-electron chi connectivity index (χ2n) is 3.60. The van der Waals surface area contributed by atoms with Crippen LogP contribution in [0.15, 0.2) is 35.2 Å². The van der Waals surface area contributed by atoms with Gasteiger partial charge >= 0.3 is 0 Å². The maximum absolute atomic E-state index is 11.8. The quantitative estimate of drug-likeness (QED) is 0.844. The van der Waals surface area contributed by atoms with E-state index < -0.39 is 26.5 Å². The average molecular weight is 330 g/mol. The molecule has 0 amide bonds. The van der Waals surface area contributed by atoms with Crippen molar-refractivity contribution in [3.63, 3.8) is 0 Å². The van der Waals surface area contributed by atoms with Gasteiger partial charge in [-0.25, -0.2) is 0 Å². The van der Waals surface area contributed by atoms with E-state index in [1.807, 2.05) is 0 Å². The molecule has 1 aromatic carbocycles. The summed E-state index contributed by atoms with van der Waals surface area (Å²) in [4.78, 5) is 12.1. The minimum Gasteiger partial charge on any atom is -0.388 e. The number of carbonyl (C=O) groups is 1. The van der Waals surface area contributed by atoms with Crippen molar-refractivity contribution in [3.05, 3.63) is 30.3 Å². The molecule has 3 nitrogen and oxygen atoms in total. The highest BCUT2D eigenvalue weighted by Crippen LogP contribution is 2.31. The van der Waals surface area contributed by atoms with Gasteiger partial charge in [0.25, 0.3) is 0 Å². The molecule has 0 bridgehead atoms. The van der Waals surface area contributed by atoms with E-state index in [0.29, 0.717) is 4.90 Å². The number of Topliss-reactive ketones (excluding diaryl/α,β-unsaturated/α-hetero) is 1. The Bertz CT molecular complexity index is 431. The summed E-state index contributed by atoms with van der Waals surface area (Å²) in [5.74, 6) is -0.627. The fourth-order valence-electron chi connectivity index (χ4n) is 1.19. The number of benzene rings is 1. The normalized spacial score (nSPS) is 15.1. The van der Waals surface area contributed by atoms with Gasteiger partial charge in [-0.2, -0.15) is 0 Å². The zero-order chi connectivity index (χ0) is 13.8. The summed E-state index contributed by atoms with van der Waals surface area (Å²) >= 11 is 16.3. The van der Waals surface area contributed by atoms with Gasteiger partial charge < -0.3 is 5.11 Å². The minimum atomic E-state index is -1.91. The molecular weight excluding hydrogens is 319 g/mol. The van der Waals surface area contributed by atoms with Crippen molar-refractivity contribution in [2.75, 3.05) is 5.75 Å². The van der Waals surface area contributed by atoms with E-state index in [0.717, 1.165) is 0 Å². The number of carbonyl (C=O) groups excluding carboxylic acids is 1. The molecule has 7 heteroatoms. The Kier molecular flexibility index (Phi) is 6.08. The van der Waals surface area contributed by atoms with Crippen LogP contribution in [0.3, 0.4) is 0 Å². The van der Waals surface area contributed by atoms with E-state index >= 15 is 0 Å². The summed E-state index contributed by atoms with van der Waals surface area (Å²) in [6.45, 7) is 0. The molecule has 0 saturated heterocycles. The van der Waals surface area contributed by atoms with Crippen molar-refractivity contribution in [2.24, 2.45) is 0 Å². The van der Waals surface area contributed by atoms with Crippen LogP contribution >= 0.6 is 34.8 Å². The first-order chi connectivity index (χ1) is 8.30. The summed E-state index contributed by atoms with van der Waals surface area (Å²) in [5, 5.41) is 9.42. The smallest absolute Gasteiger partial charge is 0.216 e. The van der Waals surface area contributed by atoms with Crippen LogP contribution in [0.1, 0.15) is 6.42 Å². The highest BCUT2D eigenvalue weighted by Gasteiger charge is 2.32. The van der Waals surface area contributed by atoms with Crippen LogP contribution in [-0.2, 0) is 15.6 Å². The molecule has 0 radical (unpaired) electrons. The lowest BCUT2D eigenvalue weighted by Crippen LogP contribution is -2.29. The number of hydrogen-bond acceptors (Lipinski definition) is 3. The van der Waals surface area contributed by atoms with Gasteiger partial charge in [-0.05, 0) is 12.1 Å². The molecule has 0 aliphatic heterocycles. The number of aliphatic hydroxyl groups excluding tert-OH is 1. The lowest BCUT2D eigenvalue weighted by molar-refractivity contribution is -0.118. The van der Waals surface area contributed by atoms with E-state index in [9.17, 15) is 14.1 Å². The fraction of sp³-hybridized carbons (Fsp3) is 0.364. The zero-order valence-electron chi connectivity index (χ0n) is 9.18. The van der Waals surface area contributed by atoms with Crippen LogP contribution in [0.5, 0.6) is 0 Å². The third-order valence-corrected chi connectivity index (χ3v) is 4.23. The number of hydrogen-bond donors (Lipinski definition) is 1. The molecule has 100 valence electrons. The monoisotopic (exact) mass is 328 g/mol. The molecule has 0 spiro atoms.